The van der Waals surface area contributed by atoms with Crippen LogP contribution in [0.15, 0.2) is 84.9 Å². The Morgan fingerprint density at radius 3 is 1.81 bits per heavy atom. The Bertz CT molecular complexity index is 1380. The van der Waals surface area contributed by atoms with Crippen LogP contribution in [0.4, 0.5) is 4.79 Å². The van der Waals surface area contributed by atoms with Gasteiger partial charge in [0.15, 0.2) is 0 Å². The predicted molar refractivity (Wildman–Crippen MR) is 151 cm³/mol. The van der Waals surface area contributed by atoms with Crippen molar-refractivity contribution >= 4 is 30.0 Å². The number of nitrogens with one attached hydrogen (secondary N) is 1. The Labute approximate surface area is 247 Å². The van der Waals surface area contributed by atoms with E-state index in [1.165, 1.54) is 31.2 Å². The second kappa shape index (κ2) is 16.8. The van der Waals surface area contributed by atoms with Crippen molar-refractivity contribution in [1.82, 2.24) is 5.32 Å². The molecule has 0 saturated carbocycles. The first-order valence-electron chi connectivity index (χ1n) is 13.3. The van der Waals surface area contributed by atoms with Crippen molar-refractivity contribution < 1.29 is 52.4 Å². The maximum Gasteiger partial charge on any atom is 0.412 e. The monoisotopic (exact) mass is 593 g/mol. The van der Waals surface area contributed by atoms with Crippen LogP contribution in [0.25, 0.3) is 0 Å². The van der Waals surface area contributed by atoms with Gasteiger partial charge in [-0.3, -0.25) is 4.79 Å². The van der Waals surface area contributed by atoms with Gasteiger partial charge in [0.1, 0.15) is 29.6 Å². The van der Waals surface area contributed by atoms with Crippen molar-refractivity contribution in [3.8, 4) is 11.5 Å². The Hall–Kier alpha value is -5.39. The fraction of sp³-hybridized carbons (Fsp3) is 0.258. The van der Waals surface area contributed by atoms with Crippen LogP contribution >= 0.6 is 0 Å². The standard InChI is InChI=1S/C31H31NO11/c1-3-28(34)40-19-4-18-39-24-9-5-22(6-10-24)29(35)41-25-13-15-26(16-14-25)42-30(36)23-7-11-27(12-8-23)43-31(37)32-17-20-38-21(2)33/h3,5-13,15H,1,4,14,16-20H2,2H3,(H,32,37). The molecule has 226 valence electrons. The molecular formula is C31H31NO11. The number of benzene rings is 2. The normalized spacial score (nSPS) is 12.0. The molecule has 1 N–H and O–H groups in total. The topological polar surface area (TPSA) is 153 Å². The summed E-state index contributed by atoms with van der Waals surface area (Å²) in [5.74, 6) is -0.492. The van der Waals surface area contributed by atoms with Crippen molar-refractivity contribution in [2.75, 3.05) is 26.4 Å². The highest BCUT2D eigenvalue weighted by Crippen LogP contribution is 2.23. The molecule has 0 bridgehead atoms. The van der Waals surface area contributed by atoms with Crippen LogP contribution in [-0.2, 0) is 28.5 Å². The number of carbonyl (C=O) groups excluding carboxylic acids is 5. The van der Waals surface area contributed by atoms with Crippen LogP contribution in [0.1, 0.15) is 46.9 Å². The third-order valence-corrected chi connectivity index (χ3v) is 5.56. The van der Waals surface area contributed by atoms with E-state index < -0.39 is 30.0 Å². The summed E-state index contributed by atoms with van der Waals surface area (Å²) in [6, 6.07) is 12.2. The molecule has 12 nitrogen and oxygen atoms in total. The molecular weight excluding hydrogens is 562 g/mol. The number of esters is 4. The number of hydrogen-bond acceptors (Lipinski definition) is 11. The predicted octanol–water partition coefficient (Wildman–Crippen LogP) is 4.41. The molecule has 1 amide bonds. The maximum absolute atomic E-state index is 12.5. The van der Waals surface area contributed by atoms with Crippen LogP contribution in [0, 0.1) is 0 Å². The van der Waals surface area contributed by atoms with Gasteiger partial charge in [0, 0.05) is 32.3 Å². The van der Waals surface area contributed by atoms with E-state index in [1.54, 1.807) is 36.4 Å². The third-order valence-electron chi connectivity index (χ3n) is 5.56. The number of carbonyl (C=O) groups is 5. The molecule has 3 rings (SSSR count). The molecule has 0 atom stereocenters. The van der Waals surface area contributed by atoms with Crippen molar-refractivity contribution in [3.05, 3.63) is 96.0 Å². The summed E-state index contributed by atoms with van der Waals surface area (Å²) in [6.07, 6.45) is 4.68. The molecule has 43 heavy (non-hydrogen) atoms. The summed E-state index contributed by atoms with van der Waals surface area (Å²) in [5, 5.41) is 2.43. The molecule has 0 heterocycles. The van der Waals surface area contributed by atoms with Crippen molar-refractivity contribution in [2.24, 2.45) is 0 Å². The van der Waals surface area contributed by atoms with Gasteiger partial charge in [-0.25, -0.2) is 19.2 Å². The molecule has 1 aliphatic carbocycles. The van der Waals surface area contributed by atoms with Crippen LogP contribution in [0.3, 0.4) is 0 Å². The quantitative estimate of drug-likeness (QED) is 0.143. The summed E-state index contributed by atoms with van der Waals surface area (Å²) in [7, 11) is 0. The molecule has 1 aliphatic rings. The van der Waals surface area contributed by atoms with Gasteiger partial charge in [-0.2, -0.15) is 0 Å². The van der Waals surface area contributed by atoms with E-state index in [4.69, 9.17) is 28.4 Å². The van der Waals surface area contributed by atoms with Crippen LogP contribution < -0.4 is 14.8 Å². The van der Waals surface area contributed by atoms with E-state index >= 15 is 0 Å². The summed E-state index contributed by atoms with van der Waals surface area (Å²) in [6.45, 7) is 5.25. The lowest BCUT2D eigenvalue weighted by atomic mass is 10.1. The van der Waals surface area contributed by atoms with Gasteiger partial charge < -0.3 is 33.7 Å². The number of allylic oxidation sites excluding steroid dienone is 4. The smallest absolute Gasteiger partial charge is 0.412 e. The zero-order valence-electron chi connectivity index (χ0n) is 23.5. The van der Waals surface area contributed by atoms with Crippen LogP contribution in [0.5, 0.6) is 11.5 Å². The van der Waals surface area contributed by atoms with Gasteiger partial charge in [-0.15, -0.1) is 0 Å². The Kier molecular flexibility index (Phi) is 12.5. The average molecular weight is 594 g/mol. The minimum Gasteiger partial charge on any atom is -0.493 e. The third kappa shape index (κ3) is 11.6. The SMILES string of the molecule is C=CC(=O)OCCCOc1ccc(C(=O)OC2=CC=C(OC(=O)c3ccc(OC(=O)NCCOC(C)=O)cc3)CC2)cc1. The zero-order chi connectivity index (χ0) is 31.0. The average Bonchev–Trinajstić information content (AvgIpc) is 3.00. The summed E-state index contributed by atoms with van der Waals surface area (Å²) < 4.78 is 31.1. The van der Waals surface area contributed by atoms with Crippen molar-refractivity contribution in [3.63, 3.8) is 0 Å². The molecule has 0 spiro atoms. The number of hydrogen-bond donors (Lipinski definition) is 1. The number of ether oxygens (including phenoxy) is 6. The van der Waals surface area contributed by atoms with Crippen LogP contribution in [-0.4, -0.2) is 56.3 Å². The molecule has 0 saturated heterocycles. The van der Waals surface area contributed by atoms with Crippen molar-refractivity contribution in [2.45, 2.75) is 26.2 Å². The largest absolute Gasteiger partial charge is 0.493 e. The minimum atomic E-state index is -0.735. The lowest BCUT2D eigenvalue weighted by Gasteiger charge is -2.15. The lowest BCUT2D eigenvalue weighted by molar-refractivity contribution is -0.141. The molecule has 0 aromatic heterocycles. The number of rotatable bonds is 14. The molecule has 0 aliphatic heterocycles. The lowest BCUT2D eigenvalue weighted by Crippen LogP contribution is -2.30. The van der Waals surface area contributed by atoms with Gasteiger partial charge in [0.05, 0.1) is 30.9 Å². The summed E-state index contributed by atoms with van der Waals surface area (Å²) in [4.78, 5) is 58.5. The van der Waals surface area contributed by atoms with Gasteiger partial charge in [-0.05, 0) is 60.7 Å². The van der Waals surface area contributed by atoms with Crippen LogP contribution in [0.2, 0.25) is 0 Å². The van der Waals surface area contributed by atoms with E-state index in [0.29, 0.717) is 48.7 Å². The van der Waals surface area contributed by atoms with Crippen molar-refractivity contribution in [1.29, 1.82) is 0 Å². The Morgan fingerprint density at radius 1 is 0.744 bits per heavy atom. The molecule has 0 radical (unpaired) electrons. The van der Waals surface area contributed by atoms with E-state index in [2.05, 4.69) is 11.9 Å². The highest BCUT2D eigenvalue weighted by Gasteiger charge is 2.17. The Morgan fingerprint density at radius 2 is 1.30 bits per heavy atom. The summed E-state index contributed by atoms with van der Waals surface area (Å²) >= 11 is 0. The maximum atomic E-state index is 12.5. The van der Waals surface area contributed by atoms with E-state index in [1.807, 2.05) is 0 Å². The minimum absolute atomic E-state index is 0.0229. The molecule has 2 aromatic rings. The first-order chi connectivity index (χ1) is 20.7. The van der Waals surface area contributed by atoms with Gasteiger partial charge in [0.2, 0.25) is 0 Å². The Balaban J connectivity index is 1.41. The second-order valence-corrected chi connectivity index (χ2v) is 8.82. The second-order valence-electron chi connectivity index (χ2n) is 8.82. The molecule has 2 aromatic carbocycles. The van der Waals surface area contributed by atoms with Gasteiger partial charge in [0.25, 0.3) is 0 Å². The summed E-state index contributed by atoms with van der Waals surface area (Å²) in [5.41, 5.74) is 0.578. The fourth-order valence-electron chi connectivity index (χ4n) is 3.44. The first-order valence-corrected chi connectivity index (χ1v) is 13.3. The highest BCUT2D eigenvalue weighted by atomic mass is 16.6. The van der Waals surface area contributed by atoms with Gasteiger partial charge in [-0.1, -0.05) is 6.58 Å². The fourth-order valence-corrected chi connectivity index (χ4v) is 3.44. The van der Waals surface area contributed by atoms with Gasteiger partial charge >= 0.3 is 30.0 Å². The zero-order valence-corrected chi connectivity index (χ0v) is 23.5. The molecule has 0 unspecified atom stereocenters. The van der Waals surface area contributed by atoms with E-state index in [0.717, 1.165) is 6.08 Å². The van der Waals surface area contributed by atoms with E-state index in [-0.39, 0.29) is 31.1 Å². The first kappa shape index (κ1) is 32.1. The highest BCUT2D eigenvalue weighted by molar-refractivity contribution is 5.91. The molecule has 12 heteroatoms. The molecule has 0 fully saturated rings. The van der Waals surface area contributed by atoms with E-state index in [9.17, 15) is 24.0 Å². The number of amides is 1.